The van der Waals surface area contributed by atoms with Crippen LogP contribution in [-0.2, 0) is 4.79 Å². The fourth-order valence-electron chi connectivity index (χ4n) is 3.01. The first-order valence-electron chi connectivity index (χ1n) is 8.16. The quantitative estimate of drug-likeness (QED) is 0.871. The van der Waals surface area contributed by atoms with Crippen LogP contribution in [0.5, 0.6) is 0 Å². The normalized spacial score (nSPS) is 22.5. The molecule has 3 atom stereocenters. The number of halogens is 1. The first-order chi connectivity index (χ1) is 10.1. The second kappa shape index (κ2) is 9.16. The molecule has 0 aromatic heterocycles. The van der Waals surface area contributed by atoms with Gasteiger partial charge < -0.3 is 10.6 Å². The number of hydrogen-bond acceptors (Lipinski definition) is 2. The molecule has 4 heteroatoms. The Bertz CT molecular complexity index is 461. The second-order valence-corrected chi connectivity index (χ2v) is 6.36. The van der Waals surface area contributed by atoms with Crippen LogP contribution >= 0.6 is 12.4 Å². The summed E-state index contributed by atoms with van der Waals surface area (Å²) in [6, 6.07) is 8.84. The fourth-order valence-corrected chi connectivity index (χ4v) is 3.01. The van der Waals surface area contributed by atoms with Crippen molar-refractivity contribution in [2.45, 2.75) is 52.0 Å². The highest BCUT2D eigenvalue weighted by molar-refractivity contribution is 5.85. The van der Waals surface area contributed by atoms with Gasteiger partial charge in [-0.3, -0.25) is 4.79 Å². The Morgan fingerprint density at radius 1 is 1.36 bits per heavy atom. The maximum absolute atomic E-state index is 12.3. The third-order valence-electron chi connectivity index (χ3n) is 4.65. The summed E-state index contributed by atoms with van der Waals surface area (Å²) in [6.07, 6.45) is 2.72. The van der Waals surface area contributed by atoms with Crippen LogP contribution in [0.25, 0.3) is 0 Å². The molecule has 1 aliphatic heterocycles. The lowest BCUT2D eigenvalue weighted by Crippen LogP contribution is -2.50. The third-order valence-corrected chi connectivity index (χ3v) is 4.65. The fraction of sp³-hybridized carbons (Fsp3) is 0.611. The molecule has 1 saturated heterocycles. The lowest BCUT2D eigenvalue weighted by atomic mass is 9.91. The predicted octanol–water partition coefficient (Wildman–Crippen LogP) is 3.41. The zero-order valence-electron chi connectivity index (χ0n) is 13.9. The van der Waals surface area contributed by atoms with E-state index in [1.807, 2.05) is 0 Å². The number of carbonyl (C=O) groups excluding carboxylic acids is 1. The molecular weight excluding hydrogens is 296 g/mol. The lowest BCUT2D eigenvalue weighted by molar-refractivity contribution is -0.122. The number of benzene rings is 1. The Hall–Kier alpha value is -1.06. The van der Waals surface area contributed by atoms with Crippen molar-refractivity contribution in [3.05, 3.63) is 35.4 Å². The van der Waals surface area contributed by atoms with Gasteiger partial charge in [-0.1, -0.05) is 43.7 Å². The molecule has 1 amide bonds. The average molecular weight is 325 g/mol. The van der Waals surface area contributed by atoms with Crippen LogP contribution in [0.4, 0.5) is 0 Å². The van der Waals surface area contributed by atoms with E-state index in [2.05, 4.69) is 55.7 Å². The van der Waals surface area contributed by atoms with Crippen LogP contribution < -0.4 is 10.6 Å². The number of rotatable bonds is 5. The van der Waals surface area contributed by atoms with Crippen molar-refractivity contribution in [1.29, 1.82) is 0 Å². The van der Waals surface area contributed by atoms with Crippen LogP contribution in [0.3, 0.4) is 0 Å². The molecule has 124 valence electrons. The van der Waals surface area contributed by atoms with Crippen molar-refractivity contribution in [2.24, 2.45) is 5.92 Å². The Kier molecular flexibility index (Phi) is 7.91. The van der Waals surface area contributed by atoms with E-state index in [1.165, 1.54) is 11.1 Å². The van der Waals surface area contributed by atoms with Crippen molar-refractivity contribution in [3.8, 4) is 0 Å². The molecule has 0 radical (unpaired) electrons. The minimum absolute atomic E-state index is 0. The Morgan fingerprint density at radius 3 is 2.64 bits per heavy atom. The van der Waals surface area contributed by atoms with Gasteiger partial charge in [-0.15, -0.1) is 12.4 Å². The molecule has 0 bridgehead atoms. The monoisotopic (exact) mass is 324 g/mol. The van der Waals surface area contributed by atoms with Gasteiger partial charge in [0.1, 0.15) is 0 Å². The zero-order valence-corrected chi connectivity index (χ0v) is 14.7. The molecule has 3 unspecified atom stereocenters. The van der Waals surface area contributed by atoms with Crippen LogP contribution in [0.15, 0.2) is 24.3 Å². The highest BCUT2D eigenvalue weighted by atomic mass is 35.5. The Balaban J connectivity index is 0.00000242. The molecule has 22 heavy (non-hydrogen) atoms. The molecule has 2 N–H and O–H groups in total. The molecule has 0 spiro atoms. The average Bonchev–Trinajstić information content (AvgIpc) is 2.48. The summed E-state index contributed by atoms with van der Waals surface area (Å²) in [6.45, 7) is 8.43. The maximum atomic E-state index is 12.3. The summed E-state index contributed by atoms with van der Waals surface area (Å²) in [5.74, 6) is 1.06. The van der Waals surface area contributed by atoms with Gasteiger partial charge in [0.15, 0.2) is 0 Å². The van der Waals surface area contributed by atoms with E-state index in [1.54, 1.807) is 0 Å². The standard InChI is InChI=1S/C18H28N2O.ClH/c1-4-15(16-7-5-13(2)6-8-16)11-18(21)20-17-12-19-10-9-14(17)3;/h5-8,14-15,17,19H,4,9-12H2,1-3H3,(H,20,21);1H. The number of carbonyl (C=O) groups is 1. The van der Waals surface area contributed by atoms with Crippen LogP contribution in [-0.4, -0.2) is 25.0 Å². The van der Waals surface area contributed by atoms with E-state index in [4.69, 9.17) is 0 Å². The Labute approximate surface area is 140 Å². The summed E-state index contributed by atoms with van der Waals surface area (Å²) in [5, 5.41) is 6.57. The zero-order chi connectivity index (χ0) is 15.2. The summed E-state index contributed by atoms with van der Waals surface area (Å²) >= 11 is 0. The first kappa shape index (κ1) is 19.0. The molecule has 1 fully saturated rings. The smallest absolute Gasteiger partial charge is 0.220 e. The number of aryl methyl sites for hydroxylation is 1. The molecule has 1 aromatic rings. The van der Waals surface area contributed by atoms with Crippen LogP contribution in [0.2, 0.25) is 0 Å². The second-order valence-electron chi connectivity index (χ2n) is 6.36. The van der Waals surface area contributed by atoms with Crippen molar-refractivity contribution >= 4 is 18.3 Å². The topological polar surface area (TPSA) is 41.1 Å². The van der Waals surface area contributed by atoms with Crippen LogP contribution in [0.1, 0.15) is 50.2 Å². The van der Waals surface area contributed by atoms with Gasteiger partial charge in [0.25, 0.3) is 0 Å². The van der Waals surface area contributed by atoms with Crippen molar-refractivity contribution in [2.75, 3.05) is 13.1 Å². The molecule has 0 aliphatic carbocycles. The first-order valence-corrected chi connectivity index (χ1v) is 8.16. The minimum Gasteiger partial charge on any atom is -0.352 e. The summed E-state index contributed by atoms with van der Waals surface area (Å²) in [7, 11) is 0. The highest BCUT2D eigenvalue weighted by Gasteiger charge is 2.23. The Morgan fingerprint density at radius 2 is 2.05 bits per heavy atom. The van der Waals surface area contributed by atoms with Crippen molar-refractivity contribution in [1.82, 2.24) is 10.6 Å². The predicted molar refractivity (Wildman–Crippen MR) is 94.7 cm³/mol. The molecule has 0 saturated carbocycles. The molecule has 1 aliphatic rings. The maximum Gasteiger partial charge on any atom is 0.220 e. The van der Waals surface area contributed by atoms with Crippen molar-refractivity contribution < 1.29 is 4.79 Å². The molecule has 3 nitrogen and oxygen atoms in total. The SMILES string of the molecule is CCC(CC(=O)NC1CNCCC1C)c1ccc(C)cc1.Cl. The molecule has 1 heterocycles. The minimum atomic E-state index is 0. The number of hydrogen-bond donors (Lipinski definition) is 2. The van der Waals surface area contributed by atoms with E-state index in [-0.39, 0.29) is 24.4 Å². The highest BCUT2D eigenvalue weighted by Crippen LogP contribution is 2.24. The van der Waals surface area contributed by atoms with Gasteiger partial charge in [-0.05, 0) is 43.7 Å². The lowest BCUT2D eigenvalue weighted by Gasteiger charge is -2.30. The summed E-state index contributed by atoms with van der Waals surface area (Å²) < 4.78 is 0. The van der Waals surface area contributed by atoms with Gasteiger partial charge in [-0.25, -0.2) is 0 Å². The van der Waals surface area contributed by atoms with Gasteiger partial charge >= 0.3 is 0 Å². The largest absolute Gasteiger partial charge is 0.352 e. The molecule has 1 aromatic carbocycles. The van der Waals surface area contributed by atoms with E-state index in [0.717, 1.165) is 25.9 Å². The van der Waals surface area contributed by atoms with E-state index in [9.17, 15) is 4.79 Å². The summed E-state index contributed by atoms with van der Waals surface area (Å²) in [5.41, 5.74) is 2.54. The van der Waals surface area contributed by atoms with Crippen molar-refractivity contribution in [3.63, 3.8) is 0 Å². The number of piperidine rings is 1. The van der Waals surface area contributed by atoms with Crippen LogP contribution in [0, 0.1) is 12.8 Å². The van der Waals surface area contributed by atoms with Gasteiger partial charge in [0.05, 0.1) is 0 Å². The van der Waals surface area contributed by atoms with E-state index >= 15 is 0 Å². The van der Waals surface area contributed by atoms with Gasteiger partial charge in [0, 0.05) is 19.0 Å². The molecule has 2 rings (SSSR count). The number of nitrogens with one attached hydrogen (secondary N) is 2. The number of amides is 1. The van der Waals surface area contributed by atoms with Gasteiger partial charge in [-0.2, -0.15) is 0 Å². The van der Waals surface area contributed by atoms with E-state index < -0.39 is 0 Å². The third kappa shape index (κ3) is 5.29. The summed E-state index contributed by atoms with van der Waals surface area (Å²) in [4.78, 5) is 12.3. The van der Waals surface area contributed by atoms with E-state index in [0.29, 0.717) is 18.3 Å². The van der Waals surface area contributed by atoms with Gasteiger partial charge in [0.2, 0.25) is 5.91 Å². The molecular formula is C18H29ClN2O.